The lowest BCUT2D eigenvalue weighted by molar-refractivity contribution is 0.00578. The zero-order chi connectivity index (χ0) is 14.3. The zero-order valence-electron chi connectivity index (χ0n) is 11.8. The molecule has 0 unspecified atom stereocenters. The highest BCUT2D eigenvalue weighted by Gasteiger charge is 2.52. The van der Waals surface area contributed by atoms with Gasteiger partial charge in [-0.15, -0.1) is 0 Å². The molecule has 0 spiro atoms. The van der Waals surface area contributed by atoms with Gasteiger partial charge in [0.15, 0.2) is 0 Å². The van der Waals surface area contributed by atoms with Crippen molar-refractivity contribution in [2.24, 2.45) is 0 Å². The normalized spacial score (nSPS) is 20.6. The lowest BCUT2D eigenvalue weighted by Gasteiger charge is -2.32. The molecule has 0 saturated carbocycles. The minimum atomic E-state index is -0.631. The van der Waals surface area contributed by atoms with E-state index in [1.165, 1.54) is 0 Å². The van der Waals surface area contributed by atoms with Gasteiger partial charge in [-0.25, -0.2) is 0 Å². The van der Waals surface area contributed by atoms with Crippen molar-refractivity contribution in [3.63, 3.8) is 0 Å². The van der Waals surface area contributed by atoms with Crippen molar-refractivity contribution >= 4 is 18.9 Å². The molecule has 0 amide bonds. The Hall–Kier alpha value is -1.17. The average Bonchev–Trinajstić information content (AvgIpc) is 2.57. The number of hydrogen-bond donors (Lipinski definition) is 1. The van der Waals surface area contributed by atoms with Crippen molar-refractivity contribution in [2.75, 3.05) is 0 Å². The Morgan fingerprint density at radius 3 is 2.26 bits per heavy atom. The standard InChI is InChI=1S/C14H19BO4/c1-13(2)14(3,4)19-15(18-13)12-10(8-16)6-5-7-11(12)9-17/h5-8,17H,9H2,1-4H3. The summed E-state index contributed by atoms with van der Waals surface area (Å²) < 4.78 is 11.9. The van der Waals surface area contributed by atoms with Gasteiger partial charge in [-0.3, -0.25) is 4.79 Å². The van der Waals surface area contributed by atoms with E-state index >= 15 is 0 Å². The number of carbonyl (C=O) groups excluding carboxylic acids is 1. The van der Waals surface area contributed by atoms with E-state index in [4.69, 9.17) is 9.31 Å². The molecule has 1 aliphatic rings. The molecule has 0 aromatic heterocycles. The number of aliphatic hydroxyl groups is 1. The van der Waals surface area contributed by atoms with Crippen molar-refractivity contribution < 1.29 is 19.2 Å². The number of rotatable bonds is 3. The summed E-state index contributed by atoms with van der Waals surface area (Å²) in [5, 5.41) is 9.43. The van der Waals surface area contributed by atoms with E-state index in [0.717, 1.165) is 6.29 Å². The van der Waals surface area contributed by atoms with Crippen LogP contribution in [-0.4, -0.2) is 29.7 Å². The first-order chi connectivity index (χ1) is 8.82. The Kier molecular flexibility index (Phi) is 3.56. The maximum Gasteiger partial charge on any atom is 0.495 e. The highest BCUT2D eigenvalue weighted by molar-refractivity contribution is 6.64. The van der Waals surface area contributed by atoms with Crippen LogP contribution in [0, 0.1) is 0 Å². The summed E-state index contributed by atoms with van der Waals surface area (Å²) in [5.41, 5.74) is 0.827. The van der Waals surface area contributed by atoms with Gasteiger partial charge in [-0.1, -0.05) is 18.2 Å². The Morgan fingerprint density at radius 1 is 1.21 bits per heavy atom. The van der Waals surface area contributed by atoms with E-state index in [2.05, 4.69) is 0 Å². The van der Waals surface area contributed by atoms with Crippen molar-refractivity contribution in [2.45, 2.75) is 45.5 Å². The SMILES string of the molecule is CC1(C)OB(c2c(C=O)cccc2CO)OC1(C)C. The molecule has 0 radical (unpaired) electrons. The minimum Gasteiger partial charge on any atom is -0.399 e. The van der Waals surface area contributed by atoms with Crippen molar-refractivity contribution in [1.29, 1.82) is 0 Å². The largest absolute Gasteiger partial charge is 0.495 e. The molecule has 1 N–H and O–H groups in total. The summed E-state index contributed by atoms with van der Waals surface area (Å²) in [7, 11) is -0.631. The molecule has 0 atom stereocenters. The molecule has 5 heteroatoms. The second-order valence-electron chi connectivity index (χ2n) is 5.78. The summed E-state index contributed by atoms with van der Waals surface area (Å²) in [5.74, 6) is 0. The summed E-state index contributed by atoms with van der Waals surface area (Å²) in [6, 6.07) is 5.21. The van der Waals surface area contributed by atoms with Crippen molar-refractivity contribution in [1.82, 2.24) is 0 Å². The monoisotopic (exact) mass is 262 g/mol. The quantitative estimate of drug-likeness (QED) is 0.658. The molecule has 1 heterocycles. The molecule has 102 valence electrons. The van der Waals surface area contributed by atoms with Gasteiger partial charge in [0.05, 0.1) is 17.8 Å². The van der Waals surface area contributed by atoms with Crippen molar-refractivity contribution in [3.8, 4) is 0 Å². The maximum atomic E-state index is 11.2. The van der Waals surface area contributed by atoms with E-state index < -0.39 is 18.3 Å². The van der Waals surface area contributed by atoms with Gasteiger partial charge in [0.2, 0.25) is 0 Å². The maximum absolute atomic E-state index is 11.2. The first kappa shape index (κ1) is 14.2. The van der Waals surface area contributed by atoms with Crippen LogP contribution in [0.1, 0.15) is 43.6 Å². The first-order valence-electron chi connectivity index (χ1n) is 6.36. The number of aliphatic hydroxyl groups excluding tert-OH is 1. The van der Waals surface area contributed by atoms with E-state index in [0.29, 0.717) is 16.6 Å². The Labute approximate surface area is 113 Å². The van der Waals surface area contributed by atoms with Gasteiger partial charge in [0, 0.05) is 5.56 Å². The second-order valence-corrected chi connectivity index (χ2v) is 5.78. The first-order valence-corrected chi connectivity index (χ1v) is 6.36. The number of benzene rings is 1. The summed E-state index contributed by atoms with van der Waals surface area (Å²) in [4.78, 5) is 11.2. The van der Waals surface area contributed by atoms with E-state index in [-0.39, 0.29) is 6.61 Å². The Bertz CT molecular complexity index is 480. The molecule has 1 aromatic rings. The fourth-order valence-corrected chi connectivity index (χ4v) is 2.12. The van der Waals surface area contributed by atoms with Gasteiger partial charge in [0.1, 0.15) is 6.29 Å². The molecule has 19 heavy (non-hydrogen) atoms. The molecule has 4 nitrogen and oxygen atoms in total. The third kappa shape index (κ3) is 2.33. The van der Waals surface area contributed by atoms with Crippen molar-refractivity contribution in [3.05, 3.63) is 29.3 Å². The fraction of sp³-hybridized carbons (Fsp3) is 0.500. The highest BCUT2D eigenvalue weighted by atomic mass is 16.7. The second kappa shape index (κ2) is 4.74. The molecule has 1 fully saturated rings. The molecule has 1 aromatic carbocycles. The van der Waals surface area contributed by atoms with Gasteiger partial charge in [-0.05, 0) is 38.7 Å². The van der Waals surface area contributed by atoms with Crippen LogP contribution in [0.25, 0.3) is 0 Å². The van der Waals surface area contributed by atoms with E-state index in [1.54, 1.807) is 18.2 Å². The van der Waals surface area contributed by atoms with Crippen LogP contribution in [0.15, 0.2) is 18.2 Å². The number of carbonyl (C=O) groups is 1. The average molecular weight is 262 g/mol. The lowest BCUT2D eigenvalue weighted by Crippen LogP contribution is -2.41. The molecule has 2 rings (SSSR count). The van der Waals surface area contributed by atoms with Crippen LogP contribution < -0.4 is 5.46 Å². The van der Waals surface area contributed by atoms with E-state index in [1.807, 2.05) is 27.7 Å². The number of hydrogen-bond acceptors (Lipinski definition) is 4. The van der Waals surface area contributed by atoms with Crippen LogP contribution in [0.4, 0.5) is 0 Å². The molecular formula is C14H19BO4. The minimum absolute atomic E-state index is 0.152. The summed E-state index contributed by atoms with van der Waals surface area (Å²) in [6.45, 7) is 7.66. The van der Waals surface area contributed by atoms with Crippen LogP contribution in [0.2, 0.25) is 0 Å². The van der Waals surface area contributed by atoms with Gasteiger partial charge in [0.25, 0.3) is 0 Å². The third-order valence-corrected chi connectivity index (χ3v) is 4.02. The highest BCUT2D eigenvalue weighted by Crippen LogP contribution is 2.36. The zero-order valence-corrected chi connectivity index (χ0v) is 11.8. The summed E-state index contributed by atoms with van der Waals surface area (Å²) >= 11 is 0. The van der Waals surface area contributed by atoms with Crippen LogP contribution in [0.3, 0.4) is 0 Å². The third-order valence-electron chi connectivity index (χ3n) is 4.02. The molecule has 0 aliphatic carbocycles. The Morgan fingerprint density at radius 2 is 1.79 bits per heavy atom. The molecule has 1 saturated heterocycles. The fourth-order valence-electron chi connectivity index (χ4n) is 2.12. The van der Waals surface area contributed by atoms with Crippen LogP contribution in [-0.2, 0) is 15.9 Å². The lowest BCUT2D eigenvalue weighted by atomic mass is 9.73. The Balaban J connectivity index is 2.47. The molecule has 0 bridgehead atoms. The predicted octanol–water partition coefficient (Wildman–Crippen LogP) is 1.29. The molecular weight excluding hydrogens is 243 g/mol. The van der Waals surface area contributed by atoms with E-state index in [9.17, 15) is 9.90 Å². The topological polar surface area (TPSA) is 55.8 Å². The van der Waals surface area contributed by atoms with Gasteiger partial charge < -0.3 is 14.4 Å². The van der Waals surface area contributed by atoms with Crippen LogP contribution >= 0.6 is 0 Å². The summed E-state index contributed by atoms with van der Waals surface area (Å²) in [6.07, 6.45) is 0.763. The smallest absolute Gasteiger partial charge is 0.399 e. The number of aldehydes is 1. The predicted molar refractivity (Wildman–Crippen MR) is 73.5 cm³/mol. The van der Waals surface area contributed by atoms with Gasteiger partial charge >= 0.3 is 7.12 Å². The molecule has 1 aliphatic heterocycles. The van der Waals surface area contributed by atoms with Crippen LogP contribution in [0.5, 0.6) is 0 Å². The van der Waals surface area contributed by atoms with Gasteiger partial charge in [-0.2, -0.15) is 0 Å².